The van der Waals surface area contributed by atoms with E-state index in [1.165, 1.54) is 0 Å². The highest BCUT2D eigenvalue weighted by Crippen LogP contribution is 2.29. The minimum atomic E-state index is -0.318. The van der Waals surface area contributed by atoms with Crippen molar-refractivity contribution in [2.24, 2.45) is 0 Å². The fraction of sp³-hybridized carbons (Fsp3) is 0.353. The molecule has 0 N–H and O–H groups in total. The predicted molar refractivity (Wildman–Crippen MR) is 87.2 cm³/mol. The van der Waals surface area contributed by atoms with Crippen molar-refractivity contribution in [3.8, 4) is 5.88 Å². The maximum atomic E-state index is 12.3. The van der Waals surface area contributed by atoms with Gasteiger partial charge in [-0.2, -0.15) is 4.98 Å². The van der Waals surface area contributed by atoms with Crippen molar-refractivity contribution in [2.45, 2.75) is 27.7 Å². The first-order valence-corrected chi connectivity index (χ1v) is 7.49. The average molecular weight is 313 g/mol. The van der Waals surface area contributed by atoms with Crippen molar-refractivity contribution in [1.82, 2.24) is 14.4 Å². The lowest BCUT2D eigenvalue weighted by Gasteiger charge is -2.08. The maximum Gasteiger partial charge on any atom is 0.340 e. The number of aryl methyl sites for hydroxylation is 3. The van der Waals surface area contributed by atoms with Crippen LogP contribution < -0.4 is 4.74 Å². The first-order chi connectivity index (χ1) is 11.0. The Bertz CT molecular complexity index is 928. The first-order valence-electron chi connectivity index (χ1n) is 7.49. The molecule has 120 valence electrons. The zero-order valence-electron chi connectivity index (χ0n) is 13.9. The summed E-state index contributed by atoms with van der Waals surface area (Å²) in [7, 11) is 1.57. The second-order valence-corrected chi connectivity index (χ2v) is 5.38. The molecule has 6 nitrogen and oxygen atoms in total. The number of hydrogen-bond donors (Lipinski definition) is 0. The van der Waals surface area contributed by atoms with Crippen molar-refractivity contribution in [3.05, 3.63) is 34.6 Å². The minimum Gasteiger partial charge on any atom is -0.481 e. The van der Waals surface area contributed by atoms with Gasteiger partial charge < -0.3 is 9.47 Å². The van der Waals surface area contributed by atoms with Crippen LogP contribution in [0.2, 0.25) is 0 Å². The van der Waals surface area contributed by atoms with Gasteiger partial charge in [-0.15, -0.1) is 0 Å². The van der Waals surface area contributed by atoms with E-state index in [2.05, 4.69) is 9.97 Å². The summed E-state index contributed by atoms with van der Waals surface area (Å²) >= 11 is 0. The van der Waals surface area contributed by atoms with Crippen LogP contribution in [0, 0.1) is 20.8 Å². The highest BCUT2D eigenvalue weighted by molar-refractivity contribution is 5.97. The second kappa shape index (κ2) is 5.53. The van der Waals surface area contributed by atoms with Crippen LogP contribution in [0.5, 0.6) is 5.88 Å². The molecule has 0 bridgehead atoms. The predicted octanol–water partition coefficient (Wildman–Crippen LogP) is 2.99. The summed E-state index contributed by atoms with van der Waals surface area (Å²) in [6, 6.07) is 3.64. The van der Waals surface area contributed by atoms with Crippen LogP contribution in [0.15, 0.2) is 12.1 Å². The van der Waals surface area contributed by atoms with Crippen molar-refractivity contribution < 1.29 is 14.3 Å². The number of carbonyl (C=O) groups excluding carboxylic acids is 1. The monoisotopic (exact) mass is 313 g/mol. The van der Waals surface area contributed by atoms with Crippen molar-refractivity contribution in [2.75, 3.05) is 13.7 Å². The minimum absolute atomic E-state index is 0.318. The first kappa shape index (κ1) is 15.3. The Hall–Kier alpha value is -2.63. The summed E-state index contributed by atoms with van der Waals surface area (Å²) in [6.07, 6.45) is 0. The van der Waals surface area contributed by atoms with Crippen LogP contribution in [-0.4, -0.2) is 34.1 Å². The second-order valence-electron chi connectivity index (χ2n) is 5.38. The molecule has 0 saturated carbocycles. The van der Waals surface area contributed by atoms with E-state index in [4.69, 9.17) is 9.47 Å². The summed E-state index contributed by atoms with van der Waals surface area (Å²) in [5, 5.41) is 0. The Labute approximate surface area is 134 Å². The van der Waals surface area contributed by atoms with Crippen LogP contribution in [0.1, 0.15) is 34.2 Å². The molecule has 3 rings (SSSR count). The SMILES string of the molecule is CCOC(=O)c1c(C)c2c(C)nc3ccc(OC)nc3n2c1C. The Kier molecular flexibility index (Phi) is 3.67. The van der Waals surface area contributed by atoms with E-state index in [1.807, 2.05) is 31.2 Å². The molecule has 0 aliphatic carbocycles. The van der Waals surface area contributed by atoms with Crippen LogP contribution >= 0.6 is 0 Å². The van der Waals surface area contributed by atoms with Gasteiger partial charge in [0.25, 0.3) is 0 Å². The molecule has 0 fully saturated rings. The number of carbonyl (C=O) groups is 1. The topological polar surface area (TPSA) is 65.7 Å². The summed E-state index contributed by atoms with van der Waals surface area (Å²) in [5.74, 6) is 0.189. The number of rotatable bonds is 3. The number of hydrogen-bond acceptors (Lipinski definition) is 5. The molecular formula is C17H19N3O3. The van der Waals surface area contributed by atoms with E-state index in [1.54, 1.807) is 20.1 Å². The summed E-state index contributed by atoms with van der Waals surface area (Å²) in [4.78, 5) is 21.4. The molecule has 6 heteroatoms. The van der Waals surface area contributed by atoms with E-state index in [9.17, 15) is 4.79 Å². The van der Waals surface area contributed by atoms with Gasteiger partial charge >= 0.3 is 5.97 Å². The third kappa shape index (κ3) is 2.21. The Morgan fingerprint density at radius 2 is 1.96 bits per heavy atom. The van der Waals surface area contributed by atoms with E-state index in [0.29, 0.717) is 23.7 Å². The highest BCUT2D eigenvalue weighted by atomic mass is 16.5. The number of fused-ring (bicyclic) bond motifs is 3. The number of ether oxygens (including phenoxy) is 2. The van der Waals surface area contributed by atoms with E-state index < -0.39 is 0 Å². The molecule has 0 radical (unpaired) electrons. The molecule has 23 heavy (non-hydrogen) atoms. The number of pyridine rings is 1. The molecule has 0 unspecified atom stereocenters. The smallest absolute Gasteiger partial charge is 0.340 e. The molecule has 0 amide bonds. The Balaban J connectivity index is 2.45. The summed E-state index contributed by atoms with van der Waals surface area (Å²) in [6.45, 7) is 7.88. The molecule has 3 heterocycles. The summed E-state index contributed by atoms with van der Waals surface area (Å²) < 4.78 is 12.4. The van der Waals surface area contributed by atoms with Gasteiger partial charge in [-0.05, 0) is 39.3 Å². The molecule has 0 aliphatic heterocycles. The zero-order valence-corrected chi connectivity index (χ0v) is 13.9. The molecule has 3 aromatic rings. The number of nitrogens with zero attached hydrogens (tertiary/aromatic N) is 3. The molecular weight excluding hydrogens is 294 g/mol. The van der Waals surface area contributed by atoms with Crippen LogP contribution in [0.3, 0.4) is 0 Å². The molecule has 0 spiro atoms. The Morgan fingerprint density at radius 3 is 2.61 bits per heavy atom. The van der Waals surface area contributed by atoms with E-state index in [0.717, 1.165) is 28.0 Å². The maximum absolute atomic E-state index is 12.3. The normalized spacial score (nSPS) is 11.2. The van der Waals surface area contributed by atoms with Crippen molar-refractivity contribution in [3.63, 3.8) is 0 Å². The molecule has 3 aromatic heterocycles. The third-order valence-corrected chi connectivity index (χ3v) is 4.01. The lowest BCUT2D eigenvalue weighted by atomic mass is 10.1. The van der Waals surface area contributed by atoms with E-state index >= 15 is 0 Å². The van der Waals surface area contributed by atoms with Gasteiger partial charge in [0.1, 0.15) is 5.52 Å². The largest absolute Gasteiger partial charge is 0.481 e. The average Bonchev–Trinajstić information content (AvgIpc) is 2.79. The van der Waals surface area contributed by atoms with Crippen LogP contribution in [0.25, 0.3) is 16.7 Å². The summed E-state index contributed by atoms with van der Waals surface area (Å²) in [5.41, 5.74) is 5.39. The third-order valence-electron chi connectivity index (χ3n) is 4.01. The highest BCUT2D eigenvalue weighted by Gasteiger charge is 2.23. The van der Waals surface area contributed by atoms with Crippen molar-refractivity contribution in [1.29, 1.82) is 0 Å². The quantitative estimate of drug-likeness (QED) is 0.695. The van der Waals surface area contributed by atoms with Gasteiger partial charge in [0.15, 0.2) is 5.65 Å². The zero-order chi connectivity index (χ0) is 16.7. The molecule has 0 saturated heterocycles. The fourth-order valence-electron chi connectivity index (χ4n) is 3.06. The van der Waals surface area contributed by atoms with Gasteiger partial charge in [0.2, 0.25) is 5.88 Å². The molecule has 0 aliphatic rings. The fourth-order valence-corrected chi connectivity index (χ4v) is 3.06. The van der Waals surface area contributed by atoms with E-state index in [-0.39, 0.29) is 5.97 Å². The standard InChI is InChI=1S/C17H19N3O3/c1-6-23-17(21)14-9(2)15-10(3)18-12-7-8-13(22-5)19-16(12)20(15)11(14)4/h7-8H,6H2,1-5H3. The molecule has 0 atom stereocenters. The van der Waals surface area contributed by atoms with Gasteiger partial charge in [0, 0.05) is 11.8 Å². The Morgan fingerprint density at radius 1 is 1.22 bits per heavy atom. The number of esters is 1. The van der Waals surface area contributed by atoms with Gasteiger partial charge in [0.05, 0.1) is 30.5 Å². The van der Waals surface area contributed by atoms with Crippen molar-refractivity contribution >= 4 is 22.6 Å². The number of aromatic nitrogens is 3. The van der Waals surface area contributed by atoms with Crippen LogP contribution in [-0.2, 0) is 4.74 Å². The van der Waals surface area contributed by atoms with Gasteiger partial charge in [-0.25, -0.2) is 9.78 Å². The lowest BCUT2D eigenvalue weighted by Crippen LogP contribution is -2.07. The van der Waals surface area contributed by atoms with Gasteiger partial charge in [-0.1, -0.05) is 0 Å². The molecule has 0 aromatic carbocycles. The number of methoxy groups -OCH3 is 1. The van der Waals surface area contributed by atoms with Crippen LogP contribution in [0.4, 0.5) is 0 Å². The lowest BCUT2D eigenvalue weighted by molar-refractivity contribution is 0.0525. The van der Waals surface area contributed by atoms with Gasteiger partial charge in [-0.3, -0.25) is 4.40 Å².